The lowest BCUT2D eigenvalue weighted by Crippen LogP contribution is -2.34. The van der Waals surface area contributed by atoms with Crippen LogP contribution in [-0.4, -0.2) is 28.6 Å². The van der Waals surface area contributed by atoms with Crippen LogP contribution in [0.25, 0.3) is 11.3 Å². The molecule has 0 saturated carbocycles. The largest absolute Gasteiger partial charge is 0.405 e. The molecule has 0 unspecified atom stereocenters. The van der Waals surface area contributed by atoms with Gasteiger partial charge in [0.25, 0.3) is 5.91 Å². The van der Waals surface area contributed by atoms with Gasteiger partial charge in [0, 0.05) is 24.2 Å². The molecule has 2 rings (SSSR count). The Morgan fingerprint density at radius 1 is 1.20 bits per heavy atom. The first-order valence-corrected chi connectivity index (χ1v) is 5.68. The van der Waals surface area contributed by atoms with E-state index in [0.29, 0.717) is 11.3 Å². The highest BCUT2D eigenvalue weighted by Gasteiger charge is 2.28. The minimum Gasteiger partial charge on any atom is -0.343 e. The molecule has 0 atom stereocenters. The number of nitrogens with one attached hydrogen (secondary N) is 1. The second kappa shape index (κ2) is 5.68. The molecule has 7 heteroatoms. The summed E-state index contributed by atoms with van der Waals surface area (Å²) in [5.41, 5.74) is 0.926. The quantitative estimate of drug-likeness (QED) is 0.940. The molecule has 0 bridgehead atoms. The Bertz CT molecular complexity index is 599. The molecule has 104 valence electrons. The number of alkyl halides is 3. The molecule has 0 aliphatic heterocycles. The molecule has 0 aromatic carbocycles. The number of pyridine rings is 2. The van der Waals surface area contributed by atoms with Gasteiger partial charge in [-0.1, -0.05) is 0 Å². The molecule has 2 aromatic rings. The lowest BCUT2D eigenvalue weighted by atomic mass is 10.1. The number of aromatic nitrogens is 2. The molecule has 1 amide bonds. The maximum Gasteiger partial charge on any atom is 0.405 e. The Morgan fingerprint density at radius 3 is 2.60 bits per heavy atom. The minimum atomic E-state index is -4.45. The van der Waals surface area contributed by atoms with Gasteiger partial charge in [0.2, 0.25) is 0 Å². The molecule has 4 nitrogen and oxygen atoms in total. The number of nitrogens with zero attached hydrogens (tertiary/aromatic N) is 2. The summed E-state index contributed by atoms with van der Waals surface area (Å²) in [5, 5.41) is 1.82. The number of halogens is 3. The van der Waals surface area contributed by atoms with E-state index in [1.807, 2.05) is 5.32 Å². The monoisotopic (exact) mass is 281 g/mol. The second-order valence-electron chi connectivity index (χ2n) is 3.94. The van der Waals surface area contributed by atoms with Gasteiger partial charge in [0.05, 0.1) is 11.3 Å². The summed E-state index contributed by atoms with van der Waals surface area (Å²) in [4.78, 5) is 19.7. The fourth-order valence-electron chi connectivity index (χ4n) is 1.60. The van der Waals surface area contributed by atoms with Gasteiger partial charge < -0.3 is 5.32 Å². The number of amides is 1. The van der Waals surface area contributed by atoms with Gasteiger partial charge in [-0.05, 0) is 24.3 Å². The standard InChI is InChI=1S/C13H10F3N3O/c14-13(15,16)8-19-12(20)10-4-2-6-18-11(10)9-3-1-5-17-7-9/h1-7H,8H2,(H,19,20). The summed E-state index contributed by atoms with van der Waals surface area (Å²) in [5.74, 6) is -0.825. The predicted molar refractivity (Wildman–Crippen MR) is 65.9 cm³/mol. The van der Waals surface area contributed by atoms with Gasteiger partial charge in [-0.15, -0.1) is 0 Å². The van der Waals surface area contributed by atoms with E-state index in [1.54, 1.807) is 18.3 Å². The minimum absolute atomic E-state index is 0.0738. The second-order valence-corrected chi connectivity index (χ2v) is 3.94. The number of hydrogen-bond acceptors (Lipinski definition) is 3. The zero-order valence-electron chi connectivity index (χ0n) is 10.2. The van der Waals surface area contributed by atoms with E-state index in [9.17, 15) is 18.0 Å². The van der Waals surface area contributed by atoms with Crippen molar-refractivity contribution in [3.8, 4) is 11.3 Å². The molecule has 0 aliphatic carbocycles. The van der Waals surface area contributed by atoms with Crippen LogP contribution in [0.2, 0.25) is 0 Å². The Labute approximate surface area is 112 Å². The number of rotatable bonds is 3. The topological polar surface area (TPSA) is 54.9 Å². The molecular formula is C13H10F3N3O. The normalized spacial score (nSPS) is 11.2. The van der Waals surface area contributed by atoms with Crippen LogP contribution in [0.5, 0.6) is 0 Å². The summed E-state index contributed by atoms with van der Waals surface area (Å²) in [7, 11) is 0. The zero-order valence-corrected chi connectivity index (χ0v) is 10.2. The lowest BCUT2D eigenvalue weighted by molar-refractivity contribution is -0.123. The Kier molecular flexibility index (Phi) is 3.97. The van der Waals surface area contributed by atoms with Gasteiger partial charge in [-0.3, -0.25) is 14.8 Å². The third kappa shape index (κ3) is 3.53. The first-order valence-electron chi connectivity index (χ1n) is 5.68. The molecule has 2 heterocycles. The average molecular weight is 281 g/mol. The van der Waals surface area contributed by atoms with Crippen molar-refractivity contribution < 1.29 is 18.0 Å². The lowest BCUT2D eigenvalue weighted by Gasteiger charge is -2.10. The van der Waals surface area contributed by atoms with E-state index < -0.39 is 18.6 Å². The summed E-state index contributed by atoms with van der Waals surface area (Å²) in [6, 6.07) is 6.24. The Balaban J connectivity index is 2.27. The summed E-state index contributed by atoms with van der Waals surface area (Å²) in [6.45, 7) is -1.38. The molecular weight excluding hydrogens is 271 g/mol. The van der Waals surface area contributed by atoms with Crippen LogP contribution in [-0.2, 0) is 0 Å². The highest BCUT2D eigenvalue weighted by molar-refractivity contribution is 5.99. The van der Waals surface area contributed by atoms with Crippen molar-refractivity contribution in [1.82, 2.24) is 15.3 Å². The molecule has 0 radical (unpaired) electrons. The number of carbonyl (C=O) groups excluding carboxylic acids is 1. The van der Waals surface area contributed by atoms with Gasteiger partial charge in [-0.25, -0.2) is 0 Å². The fourth-order valence-corrected chi connectivity index (χ4v) is 1.60. The molecule has 1 N–H and O–H groups in total. The summed E-state index contributed by atoms with van der Waals surface area (Å²) in [6.07, 6.45) is 0.0495. The van der Waals surface area contributed by atoms with Crippen LogP contribution < -0.4 is 5.32 Å². The predicted octanol–water partition coefficient (Wildman–Crippen LogP) is 2.44. The Morgan fingerprint density at radius 2 is 1.95 bits per heavy atom. The van der Waals surface area contributed by atoms with Crippen LogP contribution in [0.4, 0.5) is 13.2 Å². The van der Waals surface area contributed by atoms with E-state index in [1.165, 1.54) is 24.5 Å². The number of hydrogen-bond donors (Lipinski definition) is 1. The summed E-state index contributed by atoms with van der Waals surface area (Å²) >= 11 is 0. The molecule has 0 aliphatic rings. The van der Waals surface area contributed by atoms with Crippen LogP contribution >= 0.6 is 0 Å². The average Bonchev–Trinajstić information content (AvgIpc) is 2.45. The molecule has 0 spiro atoms. The highest BCUT2D eigenvalue weighted by Crippen LogP contribution is 2.20. The van der Waals surface area contributed by atoms with Crippen LogP contribution in [0.3, 0.4) is 0 Å². The summed E-state index contributed by atoms with van der Waals surface area (Å²) < 4.78 is 36.3. The van der Waals surface area contributed by atoms with Crippen molar-refractivity contribution in [1.29, 1.82) is 0 Å². The maximum absolute atomic E-state index is 12.1. The molecule has 0 fully saturated rings. The molecule has 0 saturated heterocycles. The molecule has 2 aromatic heterocycles. The van der Waals surface area contributed by atoms with Crippen molar-refractivity contribution >= 4 is 5.91 Å². The zero-order chi connectivity index (χ0) is 14.6. The van der Waals surface area contributed by atoms with Crippen LogP contribution in [0.1, 0.15) is 10.4 Å². The van der Waals surface area contributed by atoms with Crippen molar-refractivity contribution in [2.75, 3.05) is 6.54 Å². The maximum atomic E-state index is 12.1. The Hall–Kier alpha value is -2.44. The van der Waals surface area contributed by atoms with Gasteiger partial charge in [0.1, 0.15) is 6.54 Å². The van der Waals surface area contributed by atoms with E-state index in [4.69, 9.17) is 0 Å². The smallest absolute Gasteiger partial charge is 0.343 e. The molecule has 20 heavy (non-hydrogen) atoms. The third-order valence-corrected chi connectivity index (χ3v) is 2.44. The first-order chi connectivity index (χ1) is 9.47. The van der Waals surface area contributed by atoms with E-state index in [2.05, 4.69) is 9.97 Å². The van der Waals surface area contributed by atoms with Crippen molar-refractivity contribution in [2.45, 2.75) is 6.18 Å². The SMILES string of the molecule is O=C(NCC(F)(F)F)c1cccnc1-c1cccnc1. The highest BCUT2D eigenvalue weighted by atomic mass is 19.4. The van der Waals surface area contributed by atoms with Crippen molar-refractivity contribution in [3.63, 3.8) is 0 Å². The van der Waals surface area contributed by atoms with E-state index in [0.717, 1.165) is 0 Å². The van der Waals surface area contributed by atoms with Gasteiger partial charge >= 0.3 is 6.18 Å². The number of carbonyl (C=O) groups is 1. The van der Waals surface area contributed by atoms with Crippen LogP contribution in [0, 0.1) is 0 Å². The van der Waals surface area contributed by atoms with Crippen LogP contribution in [0.15, 0.2) is 42.9 Å². The van der Waals surface area contributed by atoms with Gasteiger partial charge in [-0.2, -0.15) is 13.2 Å². The first kappa shape index (κ1) is 14.0. The van der Waals surface area contributed by atoms with Crippen molar-refractivity contribution in [3.05, 3.63) is 48.4 Å². The van der Waals surface area contributed by atoms with E-state index >= 15 is 0 Å². The van der Waals surface area contributed by atoms with Crippen molar-refractivity contribution in [2.24, 2.45) is 0 Å². The van der Waals surface area contributed by atoms with Gasteiger partial charge in [0.15, 0.2) is 0 Å². The third-order valence-electron chi connectivity index (χ3n) is 2.44. The van der Waals surface area contributed by atoms with E-state index in [-0.39, 0.29) is 5.56 Å². The fraction of sp³-hybridized carbons (Fsp3) is 0.154.